The Morgan fingerprint density at radius 3 is 2.73 bits per heavy atom. The number of carbonyl (C=O) groups is 2. The zero-order valence-electron chi connectivity index (χ0n) is 14.0. The number of nitrogens with zero attached hydrogens (tertiary/aromatic N) is 1. The molecule has 0 radical (unpaired) electrons. The monoisotopic (exact) mass is 401 g/mol. The minimum absolute atomic E-state index is 0.100. The highest BCUT2D eigenvalue weighted by Gasteiger charge is 2.20. The van der Waals surface area contributed by atoms with E-state index in [1.165, 1.54) is 41.3 Å². The summed E-state index contributed by atoms with van der Waals surface area (Å²) in [5.41, 5.74) is 6.05. The zero-order valence-corrected chi connectivity index (χ0v) is 15.6. The first kappa shape index (κ1) is 20.1. The number of alkyl halides is 2. The van der Waals surface area contributed by atoms with Gasteiger partial charge in [-0.05, 0) is 26.0 Å². The van der Waals surface area contributed by atoms with Crippen LogP contribution >= 0.6 is 23.1 Å². The summed E-state index contributed by atoms with van der Waals surface area (Å²) in [6, 6.07) is 5.96. The van der Waals surface area contributed by atoms with E-state index in [9.17, 15) is 18.4 Å². The summed E-state index contributed by atoms with van der Waals surface area (Å²) in [6.07, 6.45) is 0.100. The molecule has 1 unspecified atom stereocenters. The molecule has 0 fully saturated rings. The number of aromatic nitrogens is 1. The summed E-state index contributed by atoms with van der Waals surface area (Å²) in [5, 5.41) is 2.03. The van der Waals surface area contributed by atoms with Gasteiger partial charge >= 0.3 is 6.61 Å². The Morgan fingerprint density at radius 2 is 2.08 bits per heavy atom. The van der Waals surface area contributed by atoms with Gasteiger partial charge in [0.05, 0.1) is 23.1 Å². The van der Waals surface area contributed by atoms with Crippen molar-refractivity contribution in [2.45, 2.75) is 36.5 Å². The molecule has 3 N–H and O–H groups in total. The van der Waals surface area contributed by atoms with Gasteiger partial charge in [-0.3, -0.25) is 9.59 Å². The van der Waals surface area contributed by atoms with E-state index in [4.69, 9.17) is 5.73 Å². The lowest BCUT2D eigenvalue weighted by molar-refractivity contribution is -0.117. The molecule has 10 heteroatoms. The summed E-state index contributed by atoms with van der Waals surface area (Å²) in [7, 11) is 0. The molecule has 2 amide bonds. The van der Waals surface area contributed by atoms with Gasteiger partial charge in [-0.15, -0.1) is 11.3 Å². The van der Waals surface area contributed by atoms with Gasteiger partial charge < -0.3 is 15.8 Å². The number of benzene rings is 1. The fraction of sp³-hybridized carbons (Fsp3) is 0.312. The van der Waals surface area contributed by atoms with Crippen molar-refractivity contribution in [2.75, 3.05) is 5.32 Å². The number of para-hydroxylation sites is 2. The van der Waals surface area contributed by atoms with Crippen molar-refractivity contribution in [2.24, 2.45) is 5.73 Å². The second-order valence-corrected chi connectivity index (χ2v) is 7.93. The number of primary amides is 1. The highest BCUT2D eigenvalue weighted by Crippen LogP contribution is 2.32. The maximum Gasteiger partial charge on any atom is 0.387 e. The first-order valence-electron chi connectivity index (χ1n) is 7.52. The molecular formula is C16H17F2N3O3S2. The van der Waals surface area contributed by atoms with E-state index in [-0.39, 0.29) is 23.8 Å². The van der Waals surface area contributed by atoms with Gasteiger partial charge in [0.2, 0.25) is 11.8 Å². The Hall–Kier alpha value is -2.20. The quantitative estimate of drug-likeness (QED) is 0.663. The highest BCUT2D eigenvalue weighted by atomic mass is 32.2. The number of thioether (sulfide) groups is 1. The molecule has 140 valence electrons. The van der Waals surface area contributed by atoms with Crippen LogP contribution in [0.4, 0.5) is 14.5 Å². The predicted molar refractivity (Wildman–Crippen MR) is 96.8 cm³/mol. The first-order valence-corrected chi connectivity index (χ1v) is 9.22. The van der Waals surface area contributed by atoms with Crippen molar-refractivity contribution in [3.63, 3.8) is 0 Å². The standard InChI is InChI=1S/C16H17F2N3O3S2/c1-8-12(7-13(19)22)26-16(20-8)25-9(2)14(23)21-10-5-3-4-6-11(10)24-15(17)18/h3-6,9,15H,7H2,1-2H3,(H2,19,22)(H,21,23). The summed E-state index contributed by atoms with van der Waals surface area (Å²) in [5.74, 6) is -0.943. The van der Waals surface area contributed by atoms with Gasteiger partial charge in [0.1, 0.15) is 5.75 Å². The van der Waals surface area contributed by atoms with Crippen LogP contribution in [0.5, 0.6) is 5.75 Å². The number of nitrogens with two attached hydrogens (primary N) is 1. The van der Waals surface area contributed by atoms with Crippen LogP contribution in [0.3, 0.4) is 0 Å². The molecular weight excluding hydrogens is 384 g/mol. The van der Waals surface area contributed by atoms with E-state index in [0.29, 0.717) is 10.0 Å². The number of carbonyl (C=O) groups excluding carboxylic acids is 2. The van der Waals surface area contributed by atoms with Gasteiger partial charge in [0, 0.05) is 4.88 Å². The third-order valence-electron chi connectivity index (χ3n) is 3.22. The van der Waals surface area contributed by atoms with Crippen molar-refractivity contribution in [3.05, 3.63) is 34.8 Å². The number of amides is 2. The Bertz CT molecular complexity index is 799. The molecule has 1 heterocycles. The number of hydrogen-bond donors (Lipinski definition) is 2. The van der Waals surface area contributed by atoms with E-state index in [1.807, 2.05) is 0 Å². The van der Waals surface area contributed by atoms with Crippen LogP contribution < -0.4 is 15.8 Å². The fourth-order valence-electron chi connectivity index (χ4n) is 1.98. The lowest BCUT2D eigenvalue weighted by Gasteiger charge is -2.14. The second-order valence-electron chi connectivity index (χ2n) is 5.26. The molecule has 1 atom stereocenters. The summed E-state index contributed by atoms with van der Waals surface area (Å²) < 4.78 is 29.9. The maximum atomic E-state index is 12.4. The third kappa shape index (κ3) is 5.67. The van der Waals surface area contributed by atoms with Crippen LogP contribution in [0.25, 0.3) is 0 Å². The van der Waals surface area contributed by atoms with Crippen LogP contribution in [0.1, 0.15) is 17.5 Å². The average Bonchev–Trinajstić information content (AvgIpc) is 2.87. The minimum Gasteiger partial charge on any atom is -0.433 e. The molecule has 1 aromatic heterocycles. The van der Waals surface area contributed by atoms with E-state index >= 15 is 0 Å². The molecule has 6 nitrogen and oxygen atoms in total. The lowest BCUT2D eigenvalue weighted by Crippen LogP contribution is -2.23. The maximum absolute atomic E-state index is 12.4. The van der Waals surface area contributed by atoms with Crippen molar-refractivity contribution in [1.82, 2.24) is 4.98 Å². The van der Waals surface area contributed by atoms with Gasteiger partial charge in [-0.25, -0.2) is 4.98 Å². The second kappa shape index (κ2) is 8.95. The first-order chi connectivity index (χ1) is 12.3. The van der Waals surface area contributed by atoms with Crippen molar-refractivity contribution >= 4 is 40.6 Å². The Labute approximate surface area is 157 Å². The molecule has 0 saturated heterocycles. The number of thiazole rings is 1. The van der Waals surface area contributed by atoms with Crippen LogP contribution in [0.2, 0.25) is 0 Å². The largest absolute Gasteiger partial charge is 0.433 e. The molecule has 0 aliphatic carbocycles. The van der Waals surface area contributed by atoms with E-state index in [0.717, 1.165) is 4.88 Å². The van der Waals surface area contributed by atoms with E-state index < -0.39 is 17.8 Å². The topological polar surface area (TPSA) is 94.3 Å². The number of nitrogens with one attached hydrogen (secondary N) is 1. The van der Waals surface area contributed by atoms with Crippen molar-refractivity contribution < 1.29 is 23.1 Å². The zero-order chi connectivity index (χ0) is 19.3. The lowest BCUT2D eigenvalue weighted by atomic mass is 10.3. The van der Waals surface area contributed by atoms with Crippen molar-refractivity contribution in [1.29, 1.82) is 0 Å². The normalized spacial score (nSPS) is 12.0. The molecule has 2 aromatic rings. The molecule has 0 bridgehead atoms. The Balaban J connectivity index is 2.03. The Morgan fingerprint density at radius 1 is 1.38 bits per heavy atom. The van der Waals surface area contributed by atoms with Gasteiger partial charge in [0.25, 0.3) is 0 Å². The smallest absolute Gasteiger partial charge is 0.387 e. The number of anilines is 1. The molecule has 0 aliphatic rings. The van der Waals surface area contributed by atoms with Crippen LogP contribution in [0.15, 0.2) is 28.6 Å². The molecule has 0 saturated carbocycles. The Kier molecular flexibility index (Phi) is 6.92. The van der Waals surface area contributed by atoms with E-state index in [1.54, 1.807) is 19.9 Å². The van der Waals surface area contributed by atoms with Gasteiger partial charge in [-0.1, -0.05) is 23.9 Å². The highest BCUT2D eigenvalue weighted by molar-refractivity contribution is 8.02. The van der Waals surface area contributed by atoms with Crippen molar-refractivity contribution in [3.8, 4) is 5.75 Å². The van der Waals surface area contributed by atoms with Crippen LogP contribution in [0, 0.1) is 6.92 Å². The fourth-order valence-corrected chi connectivity index (χ4v) is 4.37. The number of halogens is 2. The SMILES string of the molecule is Cc1nc(SC(C)C(=O)Nc2ccccc2OC(F)F)sc1CC(N)=O. The summed E-state index contributed by atoms with van der Waals surface area (Å²) in [4.78, 5) is 28.5. The molecule has 0 spiro atoms. The molecule has 0 aliphatic heterocycles. The van der Waals surface area contributed by atoms with Crippen LogP contribution in [-0.4, -0.2) is 28.7 Å². The van der Waals surface area contributed by atoms with Gasteiger partial charge in [0.15, 0.2) is 4.34 Å². The average molecular weight is 401 g/mol. The number of hydrogen-bond acceptors (Lipinski definition) is 6. The minimum atomic E-state index is -2.98. The number of rotatable bonds is 8. The molecule has 2 rings (SSSR count). The van der Waals surface area contributed by atoms with E-state index in [2.05, 4.69) is 15.0 Å². The van der Waals surface area contributed by atoms with Crippen LogP contribution in [-0.2, 0) is 16.0 Å². The predicted octanol–water partition coefficient (Wildman–Crippen LogP) is 3.20. The molecule has 26 heavy (non-hydrogen) atoms. The third-order valence-corrected chi connectivity index (χ3v) is 5.57. The summed E-state index contributed by atoms with van der Waals surface area (Å²) >= 11 is 2.51. The number of ether oxygens (including phenoxy) is 1. The summed E-state index contributed by atoms with van der Waals surface area (Å²) in [6.45, 7) is 0.449. The van der Waals surface area contributed by atoms with Gasteiger partial charge in [-0.2, -0.15) is 8.78 Å². The molecule has 1 aromatic carbocycles. The number of aryl methyl sites for hydroxylation is 1.